The summed E-state index contributed by atoms with van der Waals surface area (Å²) in [5.41, 5.74) is 1.08. The van der Waals surface area contributed by atoms with E-state index in [1.807, 2.05) is 0 Å². The Morgan fingerprint density at radius 3 is 2.39 bits per heavy atom. The van der Waals surface area contributed by atoms with Gasteiger partial charge >= 0.3 is 0 Å². The predicted octanol–water partition coefficient (Wildman–Crippen LogP) is 5.95. The highest BCUT2D eigenvalue weighted by Gasteiger charge is 2.59. The summed E-state index contributed by atoms with van der Waals surface area (Å²) in [7, 11) is 0. The zero-order valence-corrected chi connectivity index (χ0v) is 18.4. The number of rotatable bonds is 5. The van der Waals surface area contributed by atoms with E-state index in [-0.39, 0.29) is 12.2 Å². The first-order valence-corrected chi connectivity index (χ1v) is 12.8. The average Bonchev–Trinajstić information content (AvgIpc) is 3.46. The van der Waals surface area contributed by atoms with Crippen molar-refractivity contribution in [2.24, 2.45) is 46.3 Å². The molecule has 0 amide bonds. The summed E-state index contributed by atoms with van der Waals surface area (Å²) in [6.07, 6.45) is 18.2. The standard InChI is InChI=1S/C26H44O2/c1-25-15-13-23-21(10-8-19-16-20(27)12-14-26(19,23)2)22(25)11-9-18(25)4-3-5-24(28)17-6-7-17/h17-24,27-28H,3-16H2,1-2H3/t18-,19?,20-,21?,22?,23?,24?,25?,26?/m0/s1. The Kier molecular flexibility index (Phi) is 5.15. The van der Waals surface area contributed by atoms with Crippen LogP contribution < -0.4 is 0 Å². The minimum Gasteiger partial charge on any atom is -0.393 e. The Bertz CT molecular complexity index is 571. The molecule has 0 saturated heterocycles. The van der Waals surface area contributed by atoms with Crippen LogP contribution in [0.4, 0.5) is 0 Å². The van der Waals surface area contributed by atoms with Crippen molar-refractivity contribution >= 4 is 0 Å². The topological polar surface area (TPSA) is 40.5 Å². The smallest absolute Gasteiger partial charge is 0.0568 e. The van der Waals surface area contributed by atoms with Crippen molar-refractivity contribution in [3.63, 3.8) is 0 Å². The molecule has 2 nitrogen and oxygen atoms in total. The summed E-state index contributed by atoms with van der Waals surface area (Å²) >= 11 is 0. The van der Waals surface area contributed by atoms with Crippen molar-refractivity contribution in [2.75, 3.05) is 0 Å². The minimum absolute atomic E-state index is 0.00220. The Hall–Kier alpha value is -0.0800. The maximum Gasteiger partial charge on any atom is 0.0568 e. The summed E-state index contributed by atoms with van der Waals surface area (Å²) < 4.78 is 0. The fraction of sp³-hybridized carbons (Fsp3) is 1.00. The van der Waals surface area contributed by atoms with E-state index < -0.39 is 0 Å². The Balaban J connectivity index is 1.25. The van der Waals surface area contributed by atoms with Crippen LogP contribution in [0.2, 0.25) is 0 Å². The van der Waals surface area contributed by atoms with E-state index in [9.17, 15) is 10.2 Å². The molecule has 9 atom stereocenters. The third-order valence-electron chi connectivity index (χ3n) is 11.1. The third kappa shape index (κ3) is 3.20. The zero-order chi connectivity index (χ0) is 19.5. The van der Waals surface area contributed by atoms with E-state index in [1.165, 1.54) is 70.6 Å². The van der Waals surface area contributed by atoms with Crippen LogP contribution in [0, 0.1) is 46.3 Å². The molecule has 7 unspecified atom stereocenters. The fourth-order valence-electron chi connectivity index (χ4n) is 9.11. The zero-order valence-electron chi connectivity index (χ0n) is 18.4. The van der Waals surface area contributed by atoms with E-state index >= 15 is 0 Å². The van der Waals surface area contributed by atoms with Crippen molar-refractivity contribution in [3.05, 3.63) is 0 Å². The molecular weight excluding hydrogens is 344 g/mol. The highest BCUT2D eigenvalue weighted by Crippen LogP contribution is 2.67. The minimum atomic E-state index is -0.0228. The molecule has 5 aliphatic carbocycles. The molecule has 2 N–H and O–H groups in total. The van der Waals surface area contributed by atoms with Gasteiger partial charge in [-0.05, 0) is 130 Å². The molecule has 0 aliphatic heterocycles. The van der Waals surface area contributed by atoms with Gasteiger partial charge in [-0.1, -0.05) is 20.3 Å². The molecule has 5 fully saturated rings. The van der Waals surface area contributed by atoms with Crippen LogP contribution in [0.1, 0.15) is 104 Å². The summed E-state index contributed by atoms with van der Waals surface area (Å²) in [6.45, 7) is 5.26. The van der Waals surface area contributed by atoms with Gasteiger partial charge in [0.25, 0.3) is 0 Å². The van der Waals surface area contributed by atoms with Crippen LogP contribution in [-0.4, -0.2) is 22.4 Å². The fourth-order valence-corrected chi connectivity index (χ4v) is 9.11. The number of aliphatic hydroxyl groups is 2. The lowest BCUT2D eigenvalue weighted by Crippen LogP contribution is -2.53. The molecule has 0 bridgehead atoms. The largest absolute Gasteiger partial charge is 0.393 e. The molecule has 2 heteroatoms. The van der Waals surface area contributed by atoms with Crippen molar-refractivity contribution < 1.29 is 10.2 Å². The molecule has 0 aromatic carbocycles. The maximum absolute atomic E-state index is 10.3. The second-order valence-electron chi connectivity index (χ2n) is 12.2. The first kappa shape index (κ1) is 19.9. The van der Waals surface area contributed by atoms with Gasteiger partial charge in [0.2, 0.25) is 0 Å². The number of fused-ring (bicyclic) bond motifs is 5. The van der Waals surface area contributed by atoms with Crippen molar-refractivity contribution in [1.29, 1.82) is 0 Å². The first-order valence-electron chi connectivity index (χ1n) is 12.8. The van der Waals surface area contributed by atoms with E-state index in [2.05, 4.69) is 13.8 Å². The lowest BCUT2D eigenvalue weighted by atomic mass is 9.44. The molecule has 5 aliphatic rings. The summed E-state index contributed by atoms with van der Waals surface area (Å²) in [5.74, 6) is 5.16. The second-order valence-corrected chi connectivity index (χ2v) is 12.2. The summed E-state index contributed by atoms with van der Waals surface area (Å²) in [6, 6.07) is 0. The molecular formula is C26H44O2. The highest BCUT2D eigenvalue weighted by molar-refractivity contribution is 5.09. The van der Waals surface area contributed by atoms with Gasteiger partial charge in [-0.15, -0.1) is 0 Å². The van der Waals surface area contributed by atoms with Crippen LogP contribution in [0.3, 0.4) is 0 Å². The van der Waals surface area contributed by atoms with Gasteiger partial charge in [0.15, 0.2) is 0 Å². The van der Waals surface area contributed by atoms with Gasteiger partial charge < -0.3 is 10.2 Å². The van der Waals surface area contributed by atoms with Crippen molar-refractivity contribution in [2.45, 2.75) is 116 Å². The van der Waals surface area contributed by atoms with E-state index in [1.54, 1.807) is 0 Å². The lowest BCUT2D eigenvalue weighted by molar-refractivity contribution is -0.127. The molecule has 28 heavy (non-hydrogen) atoms. The van der Waals surface area contributed by atoms with Gasteiger partial charge in [-0.3, -0.25) is 0 Å². The van der Waals surface area contributed by atoms with Gasteiger partial charge in [-0.25, -0.2) is 0 Å². The molecule has 0 heterocycles. The quantitative estimate of drug-likeness (QED) is 0.611. The molecule has 0 aromatic rings. The van der Waals surface area contributed by atoms with Crippen LogP contribution in [-0.2, 0) is 0 Å². The van der Waals surface area contributed by atoms with Gasteiger partial charge in [0.05, 0.1) is 12.2 Å². The van der Waals surface area contributed by atoms with E-state index in [0.717, 1.165) is 48.9 Å². The molecule has 5 saturated carbocycles. The summed E-state index contributed by atoms with van der Waals surface area (Å²) in [5, 5.41) is 20.5. The van der Waals surface area contributed by atoms with Crippen LogP contribution in [0.25, 0.3) is 0 Å². The van der Waals surface area contributed by atoms with Crippen molar-refractivity contribution in [3.8, 4) is 0 Å². The second kappa shape index (κ2) is 7.26. The molecule has 0 aromatic heterocycles. The van der Waals surface area contributed by atoms with Crippen molar-refractivity contribution in [1.82, 2.24) is 0 Å². The van der Waals surface area contributed by atoms with Crippen LogP contribution >= 0.6 is 0 Å². The molecule has 160 valence electrons. The predicted molar refractivity (Wildman–Crippen MR) is 114 cm³/mol. The van der Waals surface area contributed by atoms with Gasteiger partial charge in [0, 0.05) is 0 Å². The number of hydrogen-bond acceptors (Lipinski definition) is 2. The highest BCUT2D eigenvalue weighted by atomic mass is 16.3. The maximum atomic E-state index is 10.3. The normalized spacial score (nSPS) is 51.9. The van der Waals surface area contributed by atoms with Gasteiger partial charge in [-0.2, -0.15) is 0 Å². The number of hydrogen-bond donors (Lipinski definition) is 2. The SMILES string of the molecule is CC12CC[C@H](O)CC1CCC1C2CCC2(C)C1CC[C@@H]2CCCC(O)C1CC1. The Morgan fingerprint density at radius 2 is 1.61 bits per heavy atom. The lowest BCUT2D eigenvalue weighted by Gasteiger charge is -2.61. The molecule has 5 rings (SSSR count). The van der Waals surface area contributed by atoms with Gasteiger partial charge in [0.1, 0.15) is 0 Å². The van der Waals surface area contributed by atoms with E-state index in [0.29, 0.717) is 16.7 Å². The average molecular weight is 389 g/mol. The third-order valence-corrected chi connectivity index (χ3v) is 11.1. The Labute approximate surface area is 172 Å². The first-order chi connectivity index (χ1) is 13.4. The summed E-state index contributed by atoms with van der Waals surface area (Å²) in [4.78, 5) is 0. The molecule has 0 radical (unpaired) electrons. The molecule has 0 spiro atoms. The van der Waals surface area contributed by atoms with E-state index in [4.69, 9.17) is 0 Å². The van der Waals surface area contributed by atoms with Crippen LogP contribution in [0.5, 0.6) is 0 Å². The number of aliphatic hydroxyl groups excluding tert-OH is 2. The Morgan fingerprint density at radius 1 is 0.857 bits per heavy atom. The monoisotopic (exact) mass is 388 g/mol. The van der Waals surface area contributed by atoms with Crippen LogP contribution in [0.15, 0.2) is 0 Å².